The molecular weight excluding hydrogens is 320 g/mol. The van der Waals surface area contributed by atoms with Gasteiger partial charge in [0.2, 0.25) is 10.0 Å². The smallest absolute Gasteiger partial charge is 0.271 e. The fourth-order valence-corrected chi connectivity index (χ4v) is 4.26. The van der Waals surface area contributed by atoms with E-state index in [0.29, 0.717) is 11.3 Å². The summed E-state index contributed by atoms with van der Waals surface area (Å²) >= 11 is 1.10. The third-order valence-electron chi connectivity index (χ3n) is 2.53. The molecule has 0 amide bonds. The van der Waals surface area contributed by atoms with E-state index in [2.05, 4.69) is 4.72 Å². The van der Waals surface area contributed by atoms with E-state index in [4.69, 9.17) is 5.14 Å². The normalized spacial score (nSPS) is 12.3. The highest BCUT2D eigenvalue weighted by atomic mass is 32.2. The van der Waals surface area contributed by atoms with Crippen LogP contribution in [-0.4, -0.2) is 16.8 Å². The van der Waals surface area contributed by atoms with Gasteiger partial charge in [-0.15, -0.1) is 11.3 Å². The Hall–Kier alpha value is -1.42. The van der Waals surface area contributed by atoms with E-state index in [9.17, 15) is 16.8 Å². The molecule has 3 N–H and O–H groups in total. The molecule has 6 nitrogen and oxygen atoms in total. The molecule has 2 rings (SSSR count). The molecule has 0 aliphatic rings. The Morgan fingerprint density at radius 2 is 1.85 bits per heavy atom. The van der Waals surface area contributed by atoms with Crippen molar-refractivity contribution in [1.82, 2.24) is 0 Å². The first-order chi connectivity index (χ1) is 9.20. The molecule has 108 valence electrons. The second-order valence-electron chi connectivity index (χ2n) is 4.06. The van der Waals surface area contributed by atoms with Crippen LogP contribution >= 0.6 is 11.3 Å². The fourth-order valence-electron chi connectivity index (χ4n) is 1.54. The molecule has 0 fully saturated rings. The lowest BCUT2D eigenvalue weighted by Gasteiger charge is -2.10. The lowest BCUT2D eigenvalue weighted by atomic mass is 10.2. The molecule has 0 aliphatic heterocycles. The van der Waals surface area contributed by atoms with Gasteiger partial charge in [0.1, 0.15) is 4.21 Å². The van der Waals surface area contributed by atoms with E-state index in [1.807, 2.05) is 0 Å². The van der Waals surface area contributed by atoms with Crippen LogP contribution in [0, 0.1) is 6.92 Å². The Morgan fingerprint density at radius 3 is 2.35 bits per heavy atom. The molecule has 0 saturated carbocycles. The van der Waals surface area contributed by atoms with Crippen LogP contribution in [0.1, 0.15) is 5.56 Å². The minimum absolute atomic E-state index is 0.0610. The third-order valence-corrected chi connectivity index (χ3v) is 6.20. The molecule has 9 heteroatoms. The molecule has 1 heterocycles. The van der Waals surface area contributed by atoms with Crippen LogP contribution in [0.3, 0.4) is 0 Å². The molecule has 0 aliphatic carbocycles. The number of primary sulfonamides is 1. The fraction of sp³-hybridized carbons (Fsp3) is 0.0909. The molecule has 0 bridgehead atoms. The van der Waals surface area contributed by atoms with Crippen molar-refractivity contribution in [3.63, 3.8) is 0 Å². The highest BCUT2D eigenvalue weighted by Gasteiger charge is 2.17. The average Bonchev–Trinajstić information content (AvgIpc) is 2.84. The Bertz CT molecular complexity index is 825. The van der Waals surface area contributed by atoms with Gasteiger partial charge in [-0.05, 0) is 42.1 Å². The molecule has 2 aromatic rings. The number of nitrogens with two attached hydrogens (primary N) is 1. The first-order valence-electron chi connectivity index (χ1n) is 5.40. The lowest BCUT2D eigenvalue weighted by Crippen LogP contribution is -2.14. The van der Waals surface area contributed by atoms with Crippen molar-refractivity contribution < 1.29 is 16.8 Å². The molecule has 0 radical (unpaired) electrons. The van der Waals surface area contributed by atoms with Gasteiger partial charge in [0.15, 0.2) is 0 Å². The molecule has 0 atom stereocenters. The minimum Gasteiger partial charge on any atom is -0.279 e. The van der Waals surface area contributed by atoms with Gasteiger partial charge in [-0.1, -0.05) is 6.07 Å². The van der Waals surface area contributed by atoms with Crippen molar-refractivity contribution in [2.75, 3.05) is 4.72 Å². The summed E-state index contributed by atoms with van der Waals surface area (Å²) in [7, 11) is -7.46. The van der Waals surface area contributed by atoms with Gasteiger partial charge in [0.25, 0.3) is 10.0 Å². The van der Waals surface area contributed by atoms with Crippen molar-refractivity contribution in [1.29, 1.82) is 0 Å². The van der Waals surface area contributed by atoms with E-state index in [1.54, 1.807) is 18.4 Å². The van der Waals surface area contributed by atoms with Gasteiger partial charge in [-0.25, -0.2) is 22.0 Å². The third kappa shape index (κ3) is 3.18. The summed E-state index contributed by atoms with van der Waals surface area (Å²) in [6.45, 7) is 1.60. The zero-order valence-electron chi connectivity index (χ0n) is 10.4. The highest BCUT2D eigenvalue weighted by molar-refractivity contribution is 7.94. The molecule has 0 saturated heterocycles. The van der Waals surface area contributed by atoms with Gasteiger partial charge >= 0.3 is 0 Å². The summed E-state index contributed by atoms with van der Waals surface area (Å²) in [4.78, 5) is -0.0610. The van der Waals surface area contributed by atoms with Crippen molar-refractivity contribution in [3.05, 3.63) is 41.3 Å². The molecule has 1 aromatic heterocycles. The first kappa shape index (κ1) is 15.0. The van der Waals surface area contributed by atoms with Gasteiger partial charge < -0.3 is 0 Å². The summed E-state index contributed by atoms with van der Waals surface area (Å²) in [6.07, 6.45) is 0. The molecule has 0 unspecified atom stereocenters. The van der Waals surface area contributed by atoms with Crippen molar-refractivity contribution >= 4 is 37.1 Å². The van der Waals surface area contributed by atoms with Crippen LogP contribution in [-0.2, 0) is 20.0 Å². The topological polar surface area (TPSA) is 106 Å². The summed E-state index contributed by atoms with van der Waals surface area (Å²) in [5.74, 6) is 0. The van der Waals surface area contributed by atoms with Crippen molar-refractivity contribution in [3.8, 4) is 0 Å². The van der Waals surface area contributed by atoms with Crippen molar-refractivity contribution in [2.24, 2.45) is 5.14 Å². The maximum Gasteiger partial charge on any atom is 0.271 e. The second kappa shape index (κ2) is 5.17. The number of rotatable bonds is 4. The number of nitrogens with one attached hydrogen (secondary N) is 1. The van der Waals surface area contributed by atoms with E-state index in [0.717, 1.165) is 11.3 Å². The number of sulfonamides is 2. The number of benzene rings is 1. The van der Waals surface area contributed by atoms with Gasteiger partial charge in [0, 0.05) is 0 Å². The summed E-state index contributed by atoms with van der Waals surface area (Å²) < 4.78 is 49.1. The first-order valence-corrected chi connectivity index (χ1v) is 9.31. The van der Waals surface area contributed by atoms with Crippen LogP contribution in [0.4, 0.5) is 5.69 Å². The number of hydrogen-bond acceptors (Lipinski definition) is 5. The SMILES string of the molecule is Cc1cc(S(N)(=O)=O)ccc1NS(=O)(=O)c1cccs1. The Morgan fingerprint density at radius 1 is 1.15 bits per heavy atom. The summed E-state index contributed by atoms with van der Waals surface area (Å²) in [5, 5.41) is 6.67. The average molecular weight is 332 g/mol. The largest absolute Gasteiger partial charge is 0.279 e. The Balaban J connectivity index is 2.37. The van der Waals surface area contributed by atoms with E-state index in [-0.39, 0.29) is 9.10 Å². The van der Waals surface area contributed by atoms with Crippen LogP contribution in [0.15, 0.2) is 44.8 Å². The maximum atomic E-state index is 12.1. The van der Waals surface area contributed by atoms with E-state index < -0.39 is 20.0 Å². The monoisotopic (exact) mass is 332 g/mol. The minimum atomic E-state index is -3.80. The Kier molecular flexibility index (Phi) is 3.87. The van der Waals surface area contributed by atoms with E-state index in [1.165, 1.54) is 24.3 Å². The summed E-state index contributed by atoms with van der Waals surface area (Å²) in [5.41, 5.74) is 0.780. The lowest BCUT2D eigenvalue weighted by molar-refractivity contribution is 0.597. The standard InChI is InChI=1S/C11H12N2O4S3/c1-8-7-9(19(12,14)15)4-5-10(8)13-20(16,17)11-3-2-6-18-11/h2-7,13H,1H3,(H2,12,14,15). The quantitative estimate of drug-likeness (QED) is 0.885. The molecular formula is C11H12N2O4S3. The molecule has 0 spiro atoms. The maximum absolute atomic E-state index is 12.1. The number of hydrogen-bond donors (Lipinski definition) is 2. The van der Waals surface area contributed by atoms with Gasteiger partial charge in [0.05, 0.1) is 10.6 Å². The van der Waals surface area contributed by atoms with Crippen LogP contribution in [0.25, 0.3) is 0 Å². The van der Waals surface area contributed by atoms with Crippen molar-refractivity contribution in [2.45, 2.75) is 16.0 Å². The van der Waals surface area contributed by atoms with Gasteiger partial charge in [-0.3, -0.25) is 4.72 Å². The number of thiophene rings is 1. The Labute approximate surface area is 121 Å². The highest BCUT2D eigenvalue weighted by Crippen LogP contribution is 2.24. The summed E-state index contributed by atoms with van der Waals surface area (Å²) in [6, 6.07) is 7.08. The van der Waals surface area contributed by atoms with Crippen LogP contribution < -0.4 is 9.86 Å². The zero-order chi connectivity index (χ0) is 15.0. The van der Waals surface area contributed by atoms with Gasteiger partial charge in [-0.2, -0.15) is 0 Å². The van der Waals surface area contributed by atoms with E-state index >= 15 is 0 Å². The van der Waals surface area contributed by atoms with Crippen LogP contribution in [0.2, 0.25) is 0 Å². The predicted molar refractivity (Wildman–Crippen MR) is 77.7 cm³/mol. The van der Waals surface area contributed by atoms with Crippen LogP contribution in [0.5, 0.6) is 0 Å². The number of aryl methyl sites for hydroxylation is 1. The second-order valence-corrected chi connectivity index (χ2v) is 8.48. The number of anilines is 1. The molecule has 1 aromatic carbocycles. The predicted octanol–water partition coefficient (Wildman–Crippen LogP) is 1.50. The molecule has 20 heavy (non-hydrogen) atoms. The zero-order valence-corrected chi connectivity index (χ0v) is 12.8.